The van der Waals surface area contributed by atoms with Crippen LogP contribution < -0.4 is 10.0 Å². The number of nitrogens with zero attached hydrogens (tertiary/aromatic N) is 4. The largest absolute Gasteiger partial charge is 0.338 e. The molecule has 0 saturated heterocycles. The Morgan fingerprint density at radius 2 is 1.77 bits per heavy atom. The number of aromatic amines is 1. The van der Waals surface area contributed by atoms with Crippen molar-refractivity contribution >= 4 is 27.3 Å². The zero-order valence-corrected chi connectivity index (χ0v) is 14.8. The molecule has 3 aromatic rings. The molecule has 1 aromatic carbocycles. The van der Waals surface area contributed by atoms with E-state index in [2.05, 4.69) is 36.5 Å². The monoisotopic (exact) mass is 369 g/mol. The van der Waals surface area contributed by atoms with Gasteiger partial charge in [0.15, 0.2) is 11.6 Å². The average molecular weight is 369 g/mol. The molecular weight excluding hydrogens is 354 g/mol. The predicted octanol–water partition coefficient (Wildman–Crippen LogP) is 2.23. The van der Waals surface area contributed by atoms with Crippen molar-refractivity contribution in [2.75, 3.05) is 10.0 Å². The SMILES string of the molecule is Cc1n[nH]c(C)c1S(=O)(=O)Nc1ccc(Nc2ccccc2C#N)nn1. The lowest BCUT2D eigenvalue weighted by molar-refractivity contribution is 0.600. The molecule has 26 heavy (non-hydrogen) atoms. The van der Waals surface area contributed by atoms with Gasteiger partial charge in [0.2, 0.25) is 0 Å². The topological polar surface area (TPSA) is 136 Å². The maximum Gasteiger partial charge on any atom is 0.266 e. The molecule has 0 aliphatic heterocycles. The number of nitrogens with one attached hydrogen (secondary N) is 3. The highest BCUT2D eigenvalue weighted by molar-refractivity contribution is 7.92. The lowest BCUT2D eigenvalue weighted by Crippen LogP contribution is -2.16. The summed E-state index contributed by atoms with van der Waals surface area (Å²) in [4.78, 5) is 0.0875. The quantitative estimate of drug-likeness (QED) is 0.627. The number of nitriles is 1. The minimum absolute atomic E-state index is 0.0733. The van der Waals surface area contributed by atoms with Crippen LogP contribution in [-0.2, 0) is 10.0 Å². The zero-order valence-electron chi connectivity index (χ0n) is 14.0. The molecule has 2 heterocycles. The number of anilines is 3. The van der Waals surface area contributed by atoms with Crippen molar-refractivity contribution in [1.29, 1.82) is 5.26 Å². The van der Waals surface area contributed by atoms with Crippen LogP contribution in [0.2, 0.25) is 0 Å². The van der Waals surface area contributed by atoms with Crippen LogP contribution in [0.3, 0.4) is 0 Å². The highest BCUT2D eigenvalue weighted by atomic mass is 32.2. The van der Waals surface area contributed by atoms with Crippen molar-refractivity contribution in [1.82, 2.24) is 20.4 Å². The molecule has 3 rings (SSSR count). The van der Waals surface area contributed by atoms with Crippen LogP contribution in [0, 0.1) is 25.2 Å². The summed E-state index contributed by atoms with van der Waals surface area (Å²) in [5.41, 5.74) is 1.86. The Morgan fingerprint density at radius 1 is 1.08 bits per heavy atom. The number of aromatic nitrogens is 4. The summed E-state index contributed by atoms with van der Waals surface area (Å²) in [6, 6.07) is 12.1. The number of hydrogen-bond acceptors (Lipinski definition) is 7. The number of sulfonamides is 1. The second kappa shape index (κ2) is 6.81. The van der Waals surface area contributed by atoms with Gasteiger partial charge >= 0.3 is 0 Å². The molecule has 9 nitrogen and oxygen atoms in total. The van der Waals surface area contributed by atoms with Crippen LogP contribution >= 0.6 is 0 Å². The number of para-hydroxylation sites is 1. The average Bonchev–Trinajstić information content (AvgIpc) is 2.96. The molecule has 0 amide bonds. The normalized spacial score (nSPS) is 11.0. The van der Waals surface area contributed by atoms with Gasteiger partial charge in [-0.05, 0) is 38.1 Å². The Bertz CT molecular complexity index is 1060. The highest BCUT2D eigenvalue weighted by Crippen LogP contribution is 2.21. The first-order chi connectivity index (χ1) is 12.4. The summed E-state index contributed by atoms with van der Waals surface area (Å²) < 4.78 is 27.3. The van der Waals surface area contributed by atoms with Crippen molar-refractivity contribution in [3.63, 3.8) is 0 Å². The number of aryl methyl sites for hydroxylation is 2. The van der Waals surface area contributed by atoms with Gasteiger partial charge in [-0.1, -0.05) is 12.1 Å². The van der Waals surface area contributed by atoms with Crippen LogP contribution in [0.25, 0.3) is 0 Å². The van der Waals surface area contributed by atoms with Crippen LogP contribution in [0.15, 0.2) is 41.3 Å². The van der Waals surface area contributed by atoms with Crippen molar-refractivity contribution in [2.24, 2.45) is 0 Å². The third kappa shape index (κ3) is 3.47. The van der Waals surface area contributed by atoms with Crippen molar-refractivity contribution < 1.29 is 8.42 Å². The molecule has 0 bridgehead atoms. The van der Waals surface area contributed by atoms with Gasteiger partial charge in [-0.15, -0.1) is 10.2 Å². The second-order valence-electron chi connectivity index (χ2n) is 5.45. The number of H-pyrrole nitrogens is 1. The lowest BCUT2D eigenvalue weighted by Gasteiger charge is -2.09. The van der Waals surface area contributed by atoms with Gasteiger partial charge in [-0.25, -0.2) is 8.42 Å². The molecule has 0 fully saturated rings. The van der Waals surface area contributed by atoms with Gasteiger partial charge in [0, 0.05) is 0 Å². The first kappa shape index (κ1) is 17.4. The molecule has 0 radical (unpaired) electrons. The Kier molecular flexibility index (Phi) is 4.55. The first-order valence-corrected chi connectivity index (χ1v) is 9.03. The zero-order chi connectivity index (χ0) is 18.7. The van der Waals surface area contributed by atoms with E-state index in [4.69, 9.17) is 5.26 Å². The molecule has 0 unspecified atom stereocenters. The summed E-state index contributed by atoms with van der Waals surface area (Å²) in [6.07, 6.45) is 0. The van der Waals surface area contributed by atoms with Crippen molar-refractivity contribution in [2.45, 2.75) is 18.7 Å². The van der Waals surface area contributed by atoms with Crippen LogP contribution in [-0.4, -0.2) is 28.8 Å². The summed E-state index contributed by atoms with van der Waals surface area (Å²) in [7, 11) is -3.82. The molecule has 0 aliphatic carbocycles. The summed E-state index contributed by atoms with van der Waals surface area (Å²) in [5, 5.41) is 26.4. The molecule has 3 N–H and O–H groups in total. The maximum atomic E-state index is 12.5. The van der Waals surface area contributed by atoms with Gasteiger partial charge in [0.25, 0.3) is 10.0 Å². The predicted molar refractivity (Wildman–Crippen MR) is 95.3 cm³/mol. The van der Waals surface area contributed by atoms with Crippen LogP contribution in [0.4, 0.5) is 17.3 Å². The molecule has 0 spiro atoms. The lowest BCUT2D eigenvalue weighted by atomic mass is 10.2. The fraction of sp³-hybridized carbons (Fsp3) is 0.125. The molecule has 2 aromatic heterocycles. The summed E-state index contributed by atoms with van der Waals surface area (Å²) in [6.45, 7) is 3.23. The van der Waals surface area contributed by atoms with Crippen LogP contribution in [0.1, 0.15) is 17.0 Å². The van der Waals surface area contributed by atoms with E-state index in [0.717, 1.165) is 0 Å². The fourth-order valence-corrected chi connectivity index (χ4v) is 3.78. The third-order valence-electron chi connectivity index (χ3n) is 3.54. The van der Waals surface area contributed by atoms with Gasteiger partial charge in [-0.3, -0.25) is 9.82 Å². The molecule has 10 heteroatoms. The first-order valence-electron chi connectivity index (χ1n) is 7.55. The Balaban J connectivity index is 1.79. The Labute approximate surface area is 150 Å². The number of rotatable bonds is 5. The second-order valence-corrected chi connectivity index (χ2v) is 7.07. The molecule has 0 aliphatic rings. The number of hydrogen-bond donors (Lipinski definition) is 3. The Morgan fingerprint density at radius 3 is 2.38 bits per heavy atom. The van der Waals surface area contributed by atoms with Crippen molar-refractivity contribution in [3.8, 4) is 6.07 Å². The van der Waals surface area contributed by atoms with Gasteiger partial charge in [0.05, 0.1) is 22.6 Å². The standard InChI is InChI=1S/C16H15N7O2S/c1-10-16(11(2)20-19-10)26(24,25)23-15-8-7-14(21-22-15)18-13-6-4-3-5-12(13)9-17/h3-8H,1-2H3,(H,18,21)(H,19,20)(H,22,23). The minimum Gasteiger partial charge on any atom is -0.338 e. The van der Waals surface area contributed by atoms with E-state index < -0.39 is 10.0 Å². The van der Waals surface area contributed by atoms with E-state index in [9.17, 15) is 8.42 Å². The van der Waals surface area contributed by atoms with E-state index >= 15 is 0 Å². The molecule has 132 valence electrons. The smallest absolute Gasteiger partial charge is 0.266 e. The fourth-order valence-electron chi connectivity index (χ4n) is 2.41. The van der Waals surface area contributed by atoms with E-state index in [1.807, 2.05) is 0 Å². The van der Waals surface area contributed by atoms with Gasteiger partial charge in [0.1, 0.15) is 11.0 Å². The molecule has 0 saturated carbocycles. The summed E-state index contributed by atoms with van der Waals surface area (Å²) >= 11 is 0. The minimum atomic E-state index is -3.82. The van der Waals surface area contributed by atoms with E-state index in [1.54, 1.807) is 44.2 Å². The number of benzene rings is 1. The van der Waals surface area contributed by atoms with Gasteiger partial charge in [-0.2, -0.15) is 10.4 Å². The maximum absolute atomic E-state index is 12.5. The van der Waals surface area contributed by atoms with Crippen LogP contribution in [0.5, 0.6) is 0 Å². The van der Waals surface area contributed by atoms with E-state index in [0.29, 0.717) is 28.5 Å². The van der Waals surface area contributed by atoms with E-state index in [1.165, 1.54) is 6.07 Å². The molecular formula is C16H15N7O2S. The Hall–Kier alpha value is -3.45. The summed E-state index contributed by atoms with van der Waals surface area (Å²) in [5.74, 6) is 0.454. The van der Waals surface area contributed by atoms with Gasteiger partial charge < -0.3 is 5.32 Å². The van der Waals surface area contributed by atoms with Crippen molar-refractivity contribution in [3.05, 3.63) is 53.3 Å². The highest BCUT2D eigenvalue weighted by Gasteiger charge is 2.22. The third-order valence-corrected chi connectivity index (χ3v) is 5.16. The van der Waals surface area contributed by atoms with E-state index in [-0.39, 0.29) is 10.7 Å². The molecule has 0 atom stereocenters.